The van der Waals surface area contributed by atoms with Crippen molar-refractivity contribution in [2.45, 2.75) is 24.5 Å². The van der Waals surface area contributed by atoms with Gasteiger partial charge in [0.2, 0.25) is 0 Å². The Bertz CT molecular complexity index is 425. The molecule has 0 bridgehead atoms. The monoisotopic (exact) mass is 362 g/mol. The minimum atomic E-state index is -0.233. The normalized spacial score (nSPS) is 24.7. The third-order valence-electron chi connectivity index (χ3n) is 2.87. The van der Waals surface area contributed by atoms with Crippen LogP contribution >= 0.6 is 43.6 Å². The van der Waals surface area contributed by atoms with Crippen LogP contribution in [0.15, 0.2) is 27.1 Å². The molecule has 0 aliphatic carbocycles. The van der Waals surface area contributed by atoms with Crippen molar-refractivity contribution >= 4 is 49.4 Å². The van der Waals surface area contributed by atoms with Gasteiger partial charge in [-0.2, -0.15) is 0 Å². The van der Waals surface area contributed by atoms with E-state index in [-0.39, 0.29) is 10.5 Å². The van der Waals surface area contributed by atoms with Gasteiger partial charge in [0.05, 0.1) is 4.75 Å². The van der Waals surface area contributed by atoms with E-state index in [1.54, 1.807) is 11.8 Å². The first kappa shape index (κ1) is 12.7. The van der Waals surface area contributed by atoms with Crippen molar-refractivity contribution in [3.8, 4) is 0 Å². The van der Waals surface area contributed by atoms with E-state index in [0.29, 0.717) is 0 Å². The molecule has 0 aromatic heterocycles. The summed E-state index contributed by atoms with van der Waals surface area (Å²) in [5, 5.41) is 0. The number of halogens is 2. The molecule has 1 atom stereocenters. The van der Waals surface area contributed by atoms with E-state index in [1.165, 1.54) is 0 Å². The number of thioether (sulfide) groups is 1. The summed E-state index contributed by atoms with van der Waals surface area (Å²) in [7, 11) is 0. The lowest BCUT2D eigenvalue weighted by Gasteiger charge is -2.21. The Balaban J connectivity index is 2.36. The zero-order chi connectivity index (χ0) is 11.8. The fourth-order valence-electron chi connectivity index (χ4n) is 1.91. The van der Waals surface area contributed by atoms with Crippen LogP contribution in [0.2, 0.25) is 0 Å². The Morgan fingerprint density at radius 2 is 2.19 bits per heavy atom. The van der Waals surface area contributed by atoms with Gasteiger partial charge in [-0.15, -0.1) is 11.8 Å². The minimum Gasteiger partial charge on any atom is -0.293 e. The highest BCUT2D eigenvalue weighted by Crippen LogP contribution is 2.41. The number of hydrogen-bond acceptors (Lipinski definition) is 2. The molecule has 1 aromatic rings. The van der Waals surface area contributed by atoms with E-state index >= 15 is 0 Å². The second-order valence-corrected chi connectivity index (χ2v) is 7.50. The van der Waals surface area contributed by atoms with Crippen LogP contribution in [0.5, 0.6) is 0 Å². The number of benzene rings is 1. The molecule has 4 heteroatoms. The van der Waals surface area contributed by atoms with Gasteiger partial charge < -0.3 is 0 Å². The molecule has 1 fully saturated rings. The molecule has 0 spiro atoms. The second kappa shape index (κ2) is 4.83. The first-order valence-corrected chi connectivity index (χ1v) is 7.74. The molecular formula is C12H12Br2OS. The van der Waals surface area contributed by atoms with E-state index < -0.39 is 0 Å². The Kier molecular flexibility index (Phi) is 3.82. The topological polar surface area (TPSA) is 17.1 Å². The van der Waals surface area contributed by atoms with Gasteiger partial charge in [-0.3, -0.25) is 4.79 Å². The molecule has 0 N–H and O–H groups in total. The number of ketones is 1. The fourth-order valence-corrected chi connectivity index (χ4v) is 3.97. The lowest BCUT2D eigenvalue weighted by atomic mass is 9.95. The van der Waals surface area contributed by atoms with Gasteiger partial charge in [0, 0.05) is 14.5 Å². The fraction of sp³-hybridized carbons (Fsp3) is 0.417. The molecule has 16 heavy (non-hydrogen) atoms. The smallest absolute Gasteiger partial charge is 0.179 e. The third kappa shape index (κ3) is 2.39. The lowest BCUT2D eigenvalue weighted by Crippen LogP contribution is -2.29. The quantitative estimate of drug-likeness (QED) is 0.709. The Labute approximate surface area is 117 Å². The van der Waals surface area contributed by atoms with Crippen molar-refractivity contribution in [1.82, 2.24) is 0 Å². The van der Waals surface area contributed by atoms with Crippen molar-refractivity contribution in [1.29, 1.82) is 0 Å². The zero-order valence-electron chi connectivity index (χ0n) is 8.93. The maximum Gasteiger partial charge on any atom is 0.179 e. The maximum absolute atomic E-state index is 12.5. The molecular weight excluding hydrogens is 352 g/mol. The number of rotatable bonds is 2. The molecule has 0 saturated carbocycles. The van der Waals surface area contributed by atoms with Gasteiger partial charge in [0.1, 0.15) is 0 Å². The van der Waals surface area contributed by atoms with Crippen LogP contribution in [0.4, 0.5) is 0 Å². The summed E-state index contributed by atoms with van der Waals surface area (Å²) in [6, 6.07) is 5.75. The summed E-state index contributed by atoms with van der Waals surface area (Å²) in [6.45, 7) is 2.06. The van der Waals surface area contributed by atoms with Crippen molar-refractivity contribution < 1.29 is 4.79 Å². The van der Waals surface area contributed by atoms with Gasteiger partial charge >= 0.3 is 0 Å². The highest BCUT2D eigenvalue weighted by atomic mass is 79.9. The van der Waals surface area contributed by atoms with Crippen LogP contribution in [0.25, 0.3) is 0 Å². The number of hydrogen-bond donors (Lipinski definition) is 0. The largest absolute Gasteiger partial charge is 0.293 e. The summed E-state index contributed by atoms with van der Waals surface area (Å²) in [4.78, 5) is 12.5. The van der Waals surface area contributed by atoms with Crippen LogP contribution in [0.3, 0.4) is 0 Å². The van der Waals surface area contributed by atoms with E-state index in [1.807, 2.05) is 18.2 Å². The first-order valence-electron chi connectivity index (χ1n) is 5.17. The molecule has 86 valence electrons. The summed E-state index contributed by atoms with van der Waals surface area (Å²) < 4.78 is 1.60. The highest BCUT2D eigenvalue weighted by molar-refractivity contribution is 9.11. The first-order chi connectivity index (χ1) is 7.53. The molecule has 0 radical (unpaired) electrons. The van der Waals surface area contributed by atoms with Crippen LogP contribution in [-0.4, -0.2) is 16.3 Å². The van der Waals surface area contributed by atoms with Crippen LogP contribution in [0, 0.1) is 0 Å². The van der Waals surface area contributed by atoms with Gasteiger partial charge in [-0.1, -0.05) is 31.9 Å². The van der Waals surface area contributed by atoms with Crippen LogP contribution < -0.4 is 0 Å². The van der Waals surface area contributed by atoms with Gasteiger partial charge in [-0.25, -0.2) is 0 Å². The molecule has 1 aliphatic rings. The zero-order valence-corrected chi connectivity index (χ0v) is 12.9. The van der Waals surface area contributed by atoms with Crippen LogP contribution in [0.1, 0.15) is 30.1 Å². The van der Waals surface area contributed by atoms with Gasteiger partial charge in [-0.05, 0) is 43.7 Å². The lowest BCUT2D eigenvalue weighted by molar-refractivity contribution is 0.0948. The molecule has 1 aliphatic heterocycles. The maximum atomic E-state index is 12.5. The number of Topliss-reactive ketones (excluding diaryl/α,β-unsaturated/α-hetero) is 1. The molecule has 0 amide bonds. The molecule has 1 aromatic carbocycles. The molecule has 1 nitrogen and oxygen atoms in total. The van der Waals surface area contributed by atoms with Gasteiger partial charge in [0.25, 0.3) is 0 Å². The predicted octanol–water partition coefficient (Wildman–Crippen LogP) is 4.68. The Morgan fingerprint density at radius 1 is 1.44 bits per heavy atom. The van der Waals surface area contributed by atoms with E-state index in [9.17, 15) is 4.79 Å². The molecule has 1 saturated heterocycles. The number of carbonyl (C=O) groups excluding carboxylic acids is 1. The summed E-state index contributed by atoms with van der Waals surface area (Å²) >= 11 is 8.64. The summed E-state index contributed by atoms with van der Waals surface area (Å²) in [6.07, 6.45) is 2.12. The highest BCUT2D eigenvalue weighted by Gasteiger charge is 2.38. The number of carbonyl (C=O) groups is 1. The predicted molar refractivity (Wildman–Crippen MR) is 76.3 cm³/mol. The standard InChI is InChI=1S/C12H12Br2OS/c1-12(5-2-6-16-12)11(15)9-7-8(13)3-4-10(9)14/h3-4,7H,2,5-6H2,1H3. The Hall–Kier alpha value is 0.200. The average molecular weight is 364 g/mol. The van der Waals surface area contributed by atoms with E-state index in [4.69, 9.17) is 0 Å². The van der Waals surface area contributed by atoms with Crippen molar-refractivity contribution in [2.75, 3.05) is 5.75 Å². The summed E-state index contributed by atoms with van der Waals surface area (Å²) in [5.41, 5.74) is 0.784. The molecule has 2 rings (SSSR count). The van der Waals surface area contributed by atoms with Gasteiger partial charge in [0.15, 0.2) is 5.78 Å². The molecule has 1 unspecified atom stereocenters. The Morgan fingerprint density at radius 3 is 2.81 bits per heavy atom. The third-order valence-corrected chi connectivity index (χ3v) is 5.58. The second-order valence-electron chi connectivity index (χ2n) is 4.14. The average Bonchev–Trinajstić information content (AvgIpc) is 2.69. The molecule has 1 heterocycles. The van der Waals surface area contributed by atoms with Crippen molar-refractivity contribution in [2.24, 2.45) is 0 Å². The van der Waals surface area contributed by atoms with E-state index in [2.05, 4.69) is 38.8 Å². The van der Waals surface area contributed by atoms with Crippen molar-refractivity contribution in [3.05, 3.63) is 32.7 Å². The van der Waals surface area contributed by atoms with Crippen molar-refractivity contribution in [3.63, 3.8) is 0 Å². The van der Waals surface area contributed by atoms with E-state index in [0.717, 1.165) is 33.1 Å². The van der Waals surface area contributed by atoms with Crippen LogP contribution in [-0.2, 0) is 0 Å². The minimum absolute atomic E-state index is 0.233. The summed E-state index contributed by atoms with van der Waals surface area (Å²) in [5.74, 6) is 1.33. The SMILES string of the molecule is CC1(C(=O)c2cc(Br)ccc2Br)CCCS1.